The topological polar surface area (TPSA) is 24.5 Å². The fourth-order valence-electron chi connectivity index (χ4n) is 4.05. The summed E-state index contributed by atoms with van der Waals surface area (Å²) in [5.41, 5.74) is 0.245. The van der Waals surface area contributed by atoms with Crippen LogP contribution < -0.4 is 5.32 Å². The summed E-state index contributed by atoms with van der Waals surface area (Å²) in [5, 5.41) is 3.34. The first kappa shape index (κ1) is 14.2. The summed E-state index contributed by atoms with van der Waals surface area (Å²) in [6, 6.07) is 0.790. The van der Waals surface area contributed by atoms with Gasteiger partial charge in [0.05, 0.1) is 5.60 Å². The summed E-state index contributed by atoms with van der Waals surface area (Å²) in [4.78, 5) is 2.76. The molecule has 3 aliphatic rings. The van der Waals surface area contributed by atoms with Crippen molar-refractivity contribution in [1.29, 1.82) is 0 Å². The molecule has 0 aliphatic carbocycles. The van der Waals surface area contributed by atoms with Gasteiger partial charge >= 0.3 is 0 Å². The maximum atomic E-state index is 6.22. The molecule has 3 nitrogen and oxygen atoms in total. The van der Waals surface area contributed by atoms with Gasteiger partial charge in [-0.15, -0.1) is 0 Å². The quantitative estimate of drug-likeness (QED) is 0.856. The molecule has 1 N–H and O–H groups in total. The van der Waals surface area contributed by atoms with Crippen LogP contribution in [0.3, 0.4) is 0 Å². The summed E-state index contributed by atoms with van der Waals surface area (Å²) < 4.78 is 6.22. The van der Waals surface area contributed by atoms with E-state index in [-0.39, 0.29) is 5.60 Å². The van der Waals surface area contributed by atoms with Crippen LogP contribution >= 0.6 is 11.8 Å². The van der Waals surface area contributed by atoms with Crippen LogP contribution in [0.4, 0.5) is 0 Å². The van der Waals surface area contributed by atoms with Crippen LogP contribution in [0.1, 0.15) is 32.1 Å². The van der Waals surface area contributed by atoms with Crippen LogP contribution in [0.25, 0.3) is 0 Å². The zero-order chi connectivity index (χ0) is 13.1. The average molecular weight is 284 g/mol. The number of rotatable bonds is 3. The Balaban J connectivity index is 1.56. The molecule has 3 fully saturated rings. The molecule has 3 rings (SSSR count). The number of nitrogens with zero attached hydrogens (tertiary/aromatic N) is 1. The molecular weight excluding hydrogens is 256 g/mol. The Labute approximate surface area is 121 Å². The van der Waals surface area contributed by atoms with Gasteiger partial charge in [-0.2, -0.15) is 11.8 Å². The second-order valence-electron chi connectivity index (χ2n) is 6.50. The monoisotopic (exact) mass is 284 g/mol. The molecule has 2 unspecified atom stereocenters. The van der Waals surface area contributed by atoms with Crippen molar-refractivity contribution in [3.63, 3.8) is 0 Å². The molecule has 2 atom stereocenters. The normalized spacial score (nSPS) is 35.8. The number of nitrogens with one attached hydrogen (secondary N) is 1. The minimum absolute atomic E-state index is 0.245. The molecule has 0 amide bonds. The molecule has 3 saturated heterocycles. The minimum atomic E-state index is 0.245. The molecule has 0 saturated carbocycles. The third-order valence-corrected chi connectivity index (χ3v) is 6.18. The van der Waals surface area contributed by atoms with Gasteiger partial charge in [-0.1, -0.05) is 0 Å². The molecule has 3 aliphatic heterocycles. The third-order valence-electron chi connectivity index (χ3n) is 5.20. The molecule has 0 aromatic rings. The van der Waals surface area contributed by atoms with E-state index >= 15 is 0 Å². The minimum Gasteiger partial charge on any atom is -0.375 e. The van der Waals surface area contributed by atoms with Crippen molar-refractivity contribution < 1.29 is 4.74 Å². The molecule has 0 bridgehead atoms. The maximum Gasteiger partial charge on any atom is 0.0713 e. The third kappa shape index (κ3) is 3.29. The number of hydrogen-bond donors (Lipinski definition) is 1. The van der Waals surface area contributed by atoms with E-state index in [1.165, 1.54) is 63.2 Å². The highest BCUT2D eigenvalue weighted by Crippen LogP contribution is 2.39. The van der Waals surface area contributed by atoms with E-state index in [2.05, 4.69) is 29.0 Å². The van der Waals surface area contributed by atoms with Gasteiger partial charge in [0.25, 0.3) is 0 Å². The summed E-state index contributed by atoms with van der Waals surface area (Å²) in [6.07, 6.45) is 6.48. The van der Waals surface area contributed by atoms with Gasteiger partial charge in [0.1, 0.15) is 0 Å². The molecule has 0 aromatic carbocycles. The van der Waals surface area contributed by atoms with Crippen LogP contribution in [0, 0.1) is 5.92 Å². The molecule has 0 aromatic heterocycles. The Bertz CT molecular complexity index is 288. The lowest BCUT2D eigenvalue weighted by molar-refractivity contribution is -0.108. The predicted octanol–water partition coefficient (Wildman–Crippen LogP) is 1.97. The highest BCUT2D eigenvalue weighted by Gasteiger charge is 2.41. The van der Waals surface area contributed by atoms with Crippen molar-refractivity contribution >= 4 is 11.8 Å². The first-order valence-electron chi connectivity index (χ1n) is 7.92. The fourth-order valence-corrected chi connectivity index (χ4v) is 5.29. The Morgan fingerprint density at radius 3 is 2.95 bits per heavy atom. The first-order valence-corrected chi connectivity index (χ1v) is 9.07. The maximum absolute atomic E-state index is 6.22. The lowest BCUT2D eigenvalue weighted by Crippen LogP contribution is -2.49. The number of ether oxygens (including phenoxy) is 1. The van der Waals surface area contributed by atoms with Gasteiger partial charge in [-0.3, -0.25) is 4.90 Å². The average Bonchev–Trinajstić information content (AvgIpc) is 2.89. The summed E-state index contributed by atoms with van der Waals surface area (Å²) in [5.74, 6) is 3.47. The van der Waals surface area contributed by atoms with Gasteiger partial charge in [-0.05, 0) is 69.7 Å². The summed E-state index contributed by atoms with van der Waals surface area (Å²) >= 11 is 2.10. The Hall–Kier alpha value is 0.230. The molecular formula is C15H28N2OS. The Morgan fingerprint density at radius 2 is 2.16 bits per heavy atom. The van der Waals surface area contributed by atoms with Gasteiger partial charge in [0.2, 0.25) is 0 Å². The van der Waals surface area contributed by atoms with Crippen molar-refractivity contribution in [1.82, 2.24) is 10.2 Å². The lowest BCUT2D eigenvalue weighted by Gasteiger charge is -2.45. The van der Waals surface area contributed by atoms with Crippen molar-refractivity contribution in [2.24, 2.45) is 5.92 Å². The number of thioether (sulfide) groups is 1. The molecule has 0 radical (unpaired) electrons. The van der Waals surface area contributed by atoms with Crippen molar-refractivity contribution in [3.05, 3.63) is 0 Å². The van der Waals surface area contributed by atoms with E-state index in [0.717, 1.165) is 18.6 Å². The predicted molar refractivity (Wildman–Crippen MR) is 81.9 cm³/mol. The van der Waals surface area contributed by atoms with Crippen LogP contribution in [-0.2, 0) is 4.74 Å². The SMILES string of the molecule is CNCC1CCN(C2CCOC3(CCSCC3)C2)C1. The first-order chi connectivity index (χ1) is 9.31. The summed E-state index contributed by atoms with van der Waals surface area (Å²) in [6.45, 7) is 4.78. The second kappa shape index (κ2) is 6.33. The highest BCUT2D eigenvalue weighted by molar-refractivity contribution is 7.99. The van der Waals surface area contributed by atoms with Crippen LogP contribution in [0.5, 0.6) is 0 Å². The smallest absolute Gasteiger partial charge is 0.0713 e. The van der Waals surface area contributed by atoms with Crippen molar-refractivity contribution in [3.8, 4) is 0 Å². The number of likely N-dealkylation sites (tertiary alicyclic amines) is 1. The zero-order valence-electron chi connectivity index (χ0n) is 12.2. The van der Waals surface area contributed by atoms with E-state index in [1.54, 1.807) is 0 Å². The van der Waals surface area contributed by atoms with Gasteiger partial charge in [-0.25, -0.2) is 0 Å². The van der Waals surface area contributed by atoms with Gasteiger partial charge in [0.15, 0.2) is 0 Å². The van der Waals surface area contributed by atoms with Gasteiger partial charge < -0.3 is 10.1 Å². The highest BCUT2D eigenvalue weighted by atomic mass is 32.2. The van der Waals surface area contributed by atoms with E-state index in [1.807, 2.05) is 0 Å². The van der Waals surface area contributed by atoms with E-state index in [9.17, 15) is 0 Å². The number of hydrogen-bond acceptors (Lipinski definition) is 4. The van der Waals surface area contributed by atoms with Crippen LogP contribution in [-0.4, -0.2) is 61.3 Å². The molecule has 1 spiro atoms. The molecule has 4 heteroatoms. The van der Waals surface area contributed by atoms with E-state index < -0.39 is 0 Å². The molecule has 3 heterocycles. The Kier molecular flexibility index (Phi) is 4.73. The van der Waals surface area contributed by atoms with Gasteiger partial charge in [0, 0.05) is 19.2 Å². The fraction of sp³-hybridized carbons (Fsp3) is 1.00. The summed E-state index contributed by atoms with van der Waals surface area (Å²) in [7, 11) is 2.08. The zero-order valence-corrected chi connectivity index (χ0v) is 13.0. The Morgan fingerprint density at radius 1 is 1.32 bits per heavy atom. The van der Waals surface area contributed by atoms with E-state index in [4.69, 9.17) is 4.74 Å². The van der Waals surface area contributed by atoms with Crippen LogP contribution in [0.2, 0.25) is 0 Å². The second-order valence-corrected chi connectivity index (χ2v) is 7.72. The van der Waals surface area contributed by atoms with Crippen LogP contribution in [0.15, 0.2) is 0 Å². The lowest BCUT2D eigenvalue weighted by atomic mass is 9.85. The standard InChI is InChI=1S/C15H28N2OS/c1-16-11-13-2-6-17(12-13)14-3-7-18-15(10-14)4-8-19-9-5-15/h13-14,16H,2-12H2,1H3. The molecule has 110 valence electrons. The molecule has 19 heavy (non-hydrogen) atoms. The van der Waals surface area contributed by atoms with E-state index in [0.29, 0.717) is 0 Å². The van der Waals surface area contributed by atoms with Crippen molar-refractivity contribution in [2.75, 3.05) is 44.8 Å². The van der Waals surface area contributed by atoms with Crippen molar-refractivity contribution in [2.45, 2.75) is 43.7 Å². The largest absolute Gasteiger partial charge is 0.375 e.